The van der Waals surface area contributed by atoms with E-state index in [-0.39, 0.29) is 12.4 Å². The maximum absolute atomic E-state index is 9.10. The molecule has 0 saturated heterocycles. The minimum atomic E-state index is -0.0596. The second kappa shape index (κ2) is 20.2. The first-order valence-electron chi connectivity index (χ1n) is 12.2. The molecule has 30 heavy (non-hydrogen) atoms. The number of hydrogen-bond acceptors (Lipinski definition) is 4. The van der Waals surface area contributed by atoms with Crippen molar-refractivity contribution in [1.29, 1.82) is 0 Å². The van der Waals surface area contributed by atoms with Crippen LogP contribution in [0.2, 0.25) is 0 Å². The van der Waals surface area contributed by atoms with Gasteiger partial charge in [-0.05, 0) is 51.3 Å². The first-order valence-corrected chi connectivity index (χ1v) is 13.2. The lowest BCUT2D eigenvalue weighted by molar-refractivity contribution is 0.242. The van der Waals surface area contributed by atoms with Crippen molar-refractivity contribution in [3.05, 3.63) is 35.8 Å². The van der Waals surface area contributed by atoms with E-state index in [4.69, 9.17) is 14.0 Å². The molecule has 0 amide bonds. The Morgan fingerprint density at radius 2 is 1.53 bits per heavy atom. The van der Waals surface area contributed by atoms with Gasteiger partial charge in [-0.15, -0.1) is 0 Å². The summed E-state index contributed by atoms with van der Waals surface area (Å²) in [5.41, 5.74) is 0. The van der Waals surface area contributed by atoms with Gasteiger partial charge in [-0.1, -0.05) is 76.9 Å². The Bertz CT molecular complexity index is 518. The van der Waals surface area contributed by atoms with Gasteiger partial charge in [0.1, 0.15) is 23.9 Å². The van der Waals surface area contributed by atoms with Crippen LogP contribution in [0.4, 0.5) is 0 Å². The number of unbranched alkanes of at least 4 members (excludes halogenated alkanes) is 12. The van der Waals surface area contributed by atoms with E-state index in [1.165, 1.54) is 83.5 Å². The third-order valence-corrected chi connectivity index (χ3v) is 6.55. The lowest BCUT2D eigenvalue weighted by atomic mass is 10.1. The number of allylic oxidation sites excluding steroid dienone is 2. The maximum atomic E-state index is 9.10. The zero-order valence-electron chi connectivity index (χ0n) is 19.5. The van der Waals surface area contributed by atoms with Crippen LogP contribution >= 0.6 is 8.81 Å². The van der Waals surface area contributed by atoms with Crippen LogP contribution < -0.4 is 5.32 Å². The van der Waals surface area contributed by atoms with Crippen LogP contribution in [0.1, 0.15) is 114 Å². The third kappa shape index (κ3) is 14.4. The van der Waals surface area contributed by atoms with Crippen LogP contribution in [0.5, 0.6) is 0 Å². The smallest absolute Gasteiger partial charge is 0.129 e. The van der Waals surface area contributed by atoms with Crippen LogP contribution in [0.25, 0.3) is 0 Å². The van der Waals surface area contributed by atoms with E-state index in [1.54, 1.807) is 0 Å². The molecule has 0 bridgehead atoms. The van der Waals surface area contributed by atoms with Gasteiger partial charge in [-0.3, -0.25) is 0 Å². The second-order valence-corrected chi connectivity index (χ2v) is 9.19. The lowest BCUT2D eigenvalue weighted by Gasteiger charge is -2.13. The highest BCUT2D eigenvalue weighted by atomic mass is 31.1. The van der Waals surface area contributed by atoms with Crippen LogP contribution in [-0.2, 0) is 11.1 Å². The zero-order valence-corrected chi connectivity index (χ0v) is 20.5. The molecule has 0 aliphatic rings. The van der Waals surface area contributed by atoms with Crippen molar-refractivity contribution < 1.29 is 14.0 Å². The molecule has 0 aromatic carbocycles. The summed E-state index contributed by atoms with van der Waals surface area (Å²) in [7, 11) is 2.24. The Balaban J connectivity index is 1.85. The molecule has 4 nitrogen and oxygen atoms in total. The van der Waals surface area contributed by atoms with Crippen molar-refractivity contribution >= 4 is 8.81 Å². The summed E-state index contributed by atoms with van der Waals surface area (Å²) in [6.07, 6.45) is 23.3. The van der Waals surface area contributed by atoms with Crippen LogP contribution in [0, 0.1) is 0 Å². The Labute approximate surface area is 187 Å². The molecule has 0 fully saturated rings. The van der Waals surface area contributed by atoms with Gasteiger partial charge in [0.2, 0.25) is 0 Å². The second-order valence-electron chi connectivity index (χ2n) is 8.09. The molecule has 0 saturated carbocycles. The van der Waals surface area contributed by atoms with Gasteiger partial charge in [-0.25, -0.2) is 0 Å². The summed E-state index contributed by atoms with van der Waals surface area (Å²) in [5, 5.41) is 12.3. The summed E-state index contributed by atoms with van der Waals surface area (Å²) in [6.45, 7) is 3.03. The molecule has 1 heterocycles. The van der Waals surface area contributed by atoms with Gasteiger partial charge in [-0.2, -0.15) is 0 Å². The SMILES string of the molecule is CCCCCCCC/C=C\CCCCCCCCOPC(NC)c1ccc(CO)o1. The maximum Gasteiger partial charge on any atom is 0.129 e. The average molecular weight is 440 g/mol. The van der Waals surface area contributed by atoms with Gasteiger partial charge in [0.25, 0.3) is 0 Å². The summed E-state index contributed by atoms with van der Waals surface area (Å²) in [4.78, 5) is 0. The Morgan fingerprint density at radius 3 is 2.10 bits per heavy atom. The lowest BCUT2D eigenvalue weighted by Crippen LogP contribution is -2.11. The molecule has 5 heteroatoms. The predicted molar refractivity (Wildman–Crippen MR) is 130 cm³/mol. The van der Waals surface area contributed by atoms with Crippen molar-refractivity contribution in [2.75, 3.05) is 13.7 Å². The fraction of sp³-hybridized carbons (Fsp3) is 0.760. The molecule has 1 rings (SSSR count). The standard InChI is InChI=1S/C25H46NO3P/c1-3-4-5-6-7-8-9-10-11-12-13-14-15-16-17-18-21-28-30-25(26-2)24-20-19-23(22-27)29-24/h10-11,19-20,25-27,30H,3-9,12-18,21-22H2,1-2H3/b11-10-. The highest BCUT2D eigenvalue weighted by Gasteiger charge is 2.14. The number of nitrogens with one attached hydrogen (secondary N) is 1. The first-order chi connectivity index (χ1) is 14.8. The van der Waals surface area contributed by atoms with E-state index in [2.05, 4.69) is 24.4 Å². The van der Waals surface area contributed by atoms with E-state index >= 15 is 0 Å². The van der Waals surface area contributed by atoms with Gasteiger partial charge in [0.15, 0.2) is 0 Å². The third-order valence-electron chi connectivity index (χ3n) is 5.37. The van der Waals surface area contributed by atoms with E-state index in [9.17, 15) is 0 Å². The quantitative estimate of drug-likeness (QED) is 0.117. The summed E-state index contributed by atoms with van der Waals surface area (Å²) in [5.74, 6) is 1.50. The van der Waals surface area contributed by atoms with Crippen molar-refractivity contribution in [3.63, 3.8) is 0 Å². The number of aliphatic hydroxyl groups excluding tert-OH is 1. The summed E-state index contributed by atoms with van der Waals surface area (Å²) >= 11 is 0. The number of furan rings is 1. The molecule has 2 N–H and O–H groups in total. The monoisotopic (exact) mass is 439 g/mol. The Hall–Kier alpha value is -0.670. The largest absolute Gasteiger partial charge is 0.461 e. The van der Waals surface area contributed by atoms with E-state index in [0.29, 0.717) is 14.6 Å². The number of rotatable bonds is 21. The Kier molecular flexibility index (Phi) is 18.5. The predicted octanol–water partition coefficient (Wildman–Crippen LogP) is 7.64. The minimum Gasteiger partial charge on any atom is -0.461 e. The van der Waals surface area contributed by atoms with Crippen molar-refractivity contribution in [1.82, 2.24) is 5.32 Å². The molecule has 1 aromatic rings. The molecule has 174 valence electrons. The molecule has 0 aliphatic heterocycles. The molecule has 0 spiro atoms. The van der Waals surface area contributed by atoms with Gasteiger partial charge in [0, 0.05) is 8.81 Å². The van der Waals surface area contributed by atoms with Crippen molar-refractivity contribution in [2.24, 2.45) is 0 Å². The van der Waals surface area contributed by atoms with Crippen molar-refractivity contribution in [3.8, 4) is 0 Å². The summed E-state index contributed by atoms with van der Waals surface area (Å²) < 4.78 is 11.4. The fourth-order valence-corrected chi connectivity index (χ4v) is 4.28. The minimum absolute atomic E-state index is 0.0596. The molecule has 1 aromatic heterocycles. The molecule has 2 unspecified atom stereocenters. The van der Waals surface area contributed by atoms with E-state index < -0.39 is 0 Å². The number of hydrogen-bond donors (Lipinski definition) is 2. The van der Waals surface area contributed by atoms with Crippen LogP contribution in [0.3, 0.4) is 0 Å². The average Bonchev–Trinajstić information content (AvgIpc) is 3.24. The van der Waals surface area contributed by atoms with E-state index in [0.717, 1.165) is 18.8 Å². The topological polar surface area (TPSA) is 54.6 Å². The van der Waals surface area contributed by atoms with Gasteiger partial charge in [0.05, 0.1) is 6.61 Å². The molecule has 0 radical (unpaired) electrons. The first kappa shape index (κ1) is 27.4. The summed E-state index contributed by atoms with van der Waals surface area (Å²) in [6, 6.07) is 3.72. The normalized spacial score (nSPS) is 13.2. The van der Waals surface area contributed by atoms with Crippen molar-refractivity contribution in [2.45, 2.75) is 109 Å². The highest BCUT2D eigenvalue weighted by molar-refractivity contribution is 7.32. The van der Waals surface area contributed by atoms with E-state index in [1.807, 2.05) is 19.2 Å². The molecular formula is C25H46NO3P. The fourth-order valence-electron chi connectivity index (χ4n) is 3.46. The van der Waals surface area contributed by atoms with Gasteiger partial charge >= 0.3 is 0 Å². The van der Waals surface area contributed by atoms with Gasteiger partial charge < -0.3 is 19.4 Å². The number of aliphatic hydroxyl groups is 1. The van der Waals surface area contributed by atoms with Crippen LogP contribution in [-0.4, -0.2) is 18.8 Å². The molecule has 0 aliphatic carbocycles. The molecular weight excluding hydrogens is 393 g/mol. The van der Waals surface area contributed by atoms with Crippen LogP contribution in [0.15, 0.2) is 28.7 Å². The zero-order chi connectivity index (χ0) is 21.7. The Morgan fingerprint density at radius 1 is 0.933 bits per heavy atom. The highest BCUT2D eigenvalue weighted by Crippen LogP contribution is 2.33. The molecule has 2 atom stereocenters.